The van der Waals surface area contributed by atoms with Gasteiger partial charge in [0.25, 0.3) is 10.0 Å². The van der Waals surface area contributed by atoms with E-state index in [1.54, 1.807) is 37.3 Å². The van der Waals surface area contributed by atoms with Crippen molar-refractivity contribution in [1.29, 1.82) is 0 Å². The highest BCUT2D eigenvalue weighted by Crippen LogP contribution is 2.39. The van der Waals surface area contributed by atoms with E-state index in [0.29, 0.717) is 16.3 Å². The summed E-state index contributed by atoms with van der Waals surface area (Å²) < 4.78 is 47.6. The molecular formula is C20H16ClFN4O3S. The first-order chi connectivity index (χ1) is 14.3. The number of anilines is 1. The molecule has 0 fully saturated rings. The van der Waals surface area contributed by atoms with Gasteiger partial charge in [0.05, 0.1) is 17.3 Å². The lowest BCUT2D eigenvalue weighted by molar-refractivity contribution is 0.482. The number of benzene rings is 2. The van der Waals surface area contributed by atoms with Gasteiger partial charge in [0.2, 0.25) is 5.96 Å². The summed E-state index contributed by atoms with van der Waals surface area (Å²) in [6.45, 7) is 1.60. The first kappa shape index (κ1) is 20.1. The molecule has 3 aromatic rings. The van der Waals surface area contributed by atoms with Crippen molar-refractivity contribution in [2.75, 3.05) is 5.32 Å². The van der Waals surface area contributed by atoms with Crippen LogP contribution in [0, 0.1) is 12.7 Å². The number of hydrogen-bond acceptors (Lipinski definition) is 5. The van der Waals surface area contributed by atoms with E-state index in [1.807, 2.05) is 0 Å². The second kappa shape index (κ2) is 7.92. The molecule has 7 nitrogen and oxygen atoms in total. The molecule has 4 rings (SSSR count). The van der Waals surface area contributed by atoms with Crippen LogP contribution in [0.2, 0.25) is 5.02 Å². The molecule has 2 aromatic carbocycles. The zero-order valence-electron chi connectivity index (χ0n) is 15.7. The molecule has 10 heteroatoms. The Balaban J connectivity index is 1.73. The lowest BCUT2D eigenvalue weighted by atomic mass is 10.2. The van der Waals surface area contributed by atoms with Gasteiger partial charge in [0.1, 0.15) is 22.1 Å². The molecule has 1 aromatic heterocycles. The van der Waals surface area contributed by atoms with Gasteiger partial charge in [-0.3, -0.25) is 4.98 Å². The zero-order valence-corrected chi connectivity index (χ0v) is 17.3. The second-order valence-electron chi connectivity index (χ2n) is 6.50. The summed E-state index contributed by atoms with van der Waals surface area (Å²) in [4.78, 5) is 8.05. The van der Waals surface area contributed by atoms with Gasteiger partial charge in [0, 0.05) is 6.20 Å². The quantitative estimate of drug-likeness (QED) is 0.625. The van der Waals surface area contributed by atoms with Gasteiger partial charge >= 0.3 is 0 Å². The topological polar surface area (TPSA) is 92.7 Å². The maximum absolute atomic E-state index is 13.8. The fourth-order valence-corrected chi connectivity index (χ4v) is 4.29. The normalized spacial score (nSPS) is 15.8. The molecule has 1 aliphatic rings. The highest BCUT2D eigenvalue weighted by molar-refractivity contribution is 7.90. The molecule has 0 aliphatic carbocycles. The van der Waals surface area contributed by atoms with E-state index in [0.717, 1.165) is 0 Å². The number of nitrogens with one attached hydrogen (secondary N) is 2. The maximum Gasteiger partial charge on any atom is 0.266 e. The number of nitrogens with zero attached hydrogens (tertiary/aromatic N) is 2. The third-order valence-electron chi connectivity index (χ3n) is 4.25. The predicted octanol–water partition coefficient (Wildman–Crippen LogP) is 4.23. The van der Waals surface area contributed by atoms with Crippen molar-refractivity contribution in [2.45, 2.75) is 18.4 Å². The Morgan fingerprint density at radius 3 is 2.73 bits per heavy atom. The van der Waals surface area contributed by atoms with Crippen molar-refractivity contribution < 1.29 is 17.5 Å². The van der Waals surface area contributed by atoms with Crippen LogP contribution in [0.4, 0.5) is 10.1 Å². The van der Waals surface area contributed by atoms with Gasteiger partial charge in [-0.15, -0.1) is 0 Å². The molecule has 0 amide bonds. The summed E-state index contributed by atoms with van der Waals surface area (Å²) in [6.07, 6.45) is 1.44. The Labute approximate surface area is 177 Å². The Bertz CT molecular complexity index is 1260. The number of halogens is 2. The van der Waals surface area contributed by atoms with Gasteiger partial charge in [0.15, 0.2) is 5.75 Å². The van der Waals surface area contributed by atoms with Gasteiger partial charge in [-0.1, -0.05) is 23.7 Å². The summed E-state index contributed by atoms with van der Waals surface area (Å²) in [5, 5.41) is 3.30. The monoisotopic (exact) mass is 446 g/mol. The van der Waals surface area contributed by atoms with Crippen LogP contribution in [0.1, 0.15) is 11.3 Å². The largest absolute Gasteiger partial charge is 0.454 e. The van der Waals surface area contributed by atoms with Crippen LogP contribution in [0.25, 0.3) is 0 Å². The minimum Gasteiger partial charge on any atom is -0.454 e. The van der Waals surface area contributed by atoms with E-state index in [-0.39, 0.29) is 34.5 Å². The lowest BCUT2D eigenvalue weighted by Crippen LogP contribution is -2.41. The Morgan fingerprint density at radius 2 is 1.97 bits per heavy atom. The molecule has 0 bridgehead atoms. The number of ether oxygens (including phenoxy) is 1. The second-order valence-corrected chi connectivity index (χ2v) is 8.55. The fraction of sp³-hybridized carbons (Fsp3) is 0.100. The molecule has 154 valence electrons. The Hall–Kier alpha value is -3.17. The molecule has 0 spiro atoms. The van der Waals surface area contributed by atoms with Gasteiger partial charge in [-0.2, -0.15) is 0 Å². The first-order valence-electron chi connectivity index (χ1n) is 8.84. The summed E-state index contributed by atoms with van der Waals surface area (Å²) in [7, 11) is -3.92. The molecule has 2 heterocycles. The van der Waals surface area contributed by atoms with Crippen molar-refractivity contribution >= 4 is 33.3 Å². The van der Waals surface area contributed by atoms with Crippen LogP contribution >= 0.6 is 11.6 Å². The van der Waals surface area contributed by atoms with E-state index in [1.165, 1.54) is 24.4 Å². The van der Waals surface area contributed by atoms with Crippen LogP contribution in [-0.4, -0.2) is 19.4 Å². The number of aryl methyl sites for hydroxylation is 1. The number of aliphatic imine (C=N–C) groups is 1. The molecule has 30 heavy (non-hydrogen) atoms. The van der Waals surface area contributed by atoms with Crippen molar-refractivity contribution in [3.05, 3.63) is 76.8 Å². The number of rotatable bonds is 4. The van der Waals surface area contributed by atoms with Crippen LogP contribution in [0.3, 0.4) is 0 Å². The summed E-state index contributed by atoms with van der Waals surface area (Å²) >= 11 is 6.17. The van der Waals surface area contributed by atoms with E-state index >= 15 is 0 Å². The van der Waals surface area contributed by atoms with Crippen LogP contribution in [0.5, 0.6) is 11.5 Å². The Morgan fingerprint density at radius 1 is 1.17 bits per heavy atom. The smallest absolute Gasteiger partial charge is 0.266 e. The predicted molar refractivity (Wildman–Crippen MR) is 112 cm³/mol. The number of pyridine rings is 1. The maximum atomic E-state index is 13.8. The number of guanidine groups is 1. The van der Waals surface area contributed by atoms with Gasteiger partial charge in [-0.25, -0.2) is 22.5 Å². The molecule has 1 aliphatic heterocycles. The number of para-hydroxylation sites is 1. The van der Waals surface area contributed by atoms with Crippen molar-refractivity contribution in [3.63, 3.8) is 0 Å². The van der Waals surface area contributed by atoms with E-state index in [4.69, 9.17) is 16.3 Å². The lowest BCUT2D eigenvalue weighted by Gasteiger charge is -2.24. The van der Waals surface area contributed by atoms with Gasteiger partial charge in [-0.05, 0) is 48.9 Å². The first-order valence-corrected chi connectivity index (χ1v) is 10.7. The average molecular weight is 447 g/mol. The number of aromatic nitrogens is 1. The standard InChI is InChI=1S/C20H16ClFN4O3S/c1-12-9-17(29-16-7-3-2-5-13(16)21)19-18(10-12)30(27,28)26-20(25-19)24-11-15-14(22)6-4-8-23-15/h2-10H,11H2,1H3,(H2,24,25,26). The third kappa shape index (κ3) is 4.07. The van der Waals surface area contributed by atoms with Gasteiger partial charge < -0.3 is 10.1 Å². The van der Waals surface area contributed by atoms with Crippen molar-refractivity contribution in [3.8, 4) is 11.5 Å². The van der Waals surface area contributed by atoms with Crippen LogP contribution < -0.4 is 14.8 Å². The van der Waals surface area contributed by atoms with E-state index in [9.17, 15) is 12.8 Å². The fourth-order valence-electron chi connectivity index (χ4n) is 2.87. The Kier molecular flexibility index (Phi) is 5.31. The zero-order chi connectivity index (χ0) is 21.3. The SMILES string of the molecule is Cc1cc(Oc2ccccc2Cl)c2c(c1)S(=O)(=O)NC(=NCc1ncccc1F)N2. The van der Waals surface area contributed by atoms with E-state index < -0.39 is 15.8 Å². The van der Waals surface area contributed by atoms with Crippen LogP contribution in [0.15, 0.2) is 64.6 Å². The molecule has 0 saturated carbocycles. The highest BCUT2D eigenvalue weighted by Gasteiger charge is 2.30. The molecule has 0 radical (unpaired) electrons. The molecule has 2 N–H and O–H groups in total. The number of sulfonamides is 1. The summed E-state index contributed by atoms with van der Waals surface area (Å²) in [6, 6.07) is 12.8. The van der Waals surface area contributed by atoms with Crippen molar-refractivity contribution in [2.24, 2.45) is 4.99 Å². The number of fused-ring (bicyclic) bond motifs is 1. The molecule has 0 saturated heterocycles. The minimum atomic E-state index is -3.92. The van der Waals surface area contributed by atoms with Crippen LogP contribution in [-0.2, 0) is 16.6 Å². The number of hydrogen-bond donors (Lipinski definition) is 2. The van der Waals surface area contributed by atoms with E-state index in [2.05, 4.69) is 20.0 Å². The average Bonchev–Trinajstić information content (AvgIpc) is 2.69. The molecular weight excluding hydrogens is 431 g/mol. The summed E-state index contributed by atoms with van der Waals surface area (Å²) in [5.74, 6) is 0.0401. The third-order valence-corrected chi connectivity index (χ3v) is 5.93. The minimum absolute atomic E-state index is 0.00696. The molecule has 0 atom stereocenters. The summed E-state index contributed by atoms with van der Waals surface area (Å²) in [5.41, 5.74) is 0.978. The molecule has 0 unspecified atom stereocenters. The van der Waals surface area contributed by atoms with Crippen molar-refractivity contribution in [1.82, 2.24) is 9.71 Å². The highest BCUT2D eigenvalue weighted by atomic mass is 35.5.